The second kappa shape index (κ2) is 4.62. The Labute approximate surface area is 100 Å². The zero-order valence-corrected chi connectivity index (χ0v) is 9.25. The first kappa shape index (κ1) is 11.7. The van der Waals surface area contributed by atoms with Gasteiger partial charge in [0.15, 0.2) is 5.82 Å². The molecule has 0 aliphatic heterocycles. The summed E-state index contributed by atoms with van der Waals surface area (Å²) in [5, 5.41) is 8.70. The number of methoxy groups -OCH3 is 1. The van der Waals surface area contributed by atoms with Crippen molar-refractivity contribution in [2.24, 2.45) is 0 Å². The van der Waals surface area contributed by atoms with Gasteiger partial charge in [-0.05, 0) is 0 Å². The molecule has 8 nitrogen and oxygen atoms in total. The lowest BCUT2D eigenvalue weighted by Crippen LogP contribution is -2.19. The van der Waals surface area contributed by atoms with Crippen LogP contribution >= 0.6 is 0 Å². The van der Waals surface area contributed by atoms with E-state index in [1.54, 1.807) is 0 Å². The van der Waals surface area contributed by atoms with Crippen LogP contribution in [0.15, 0.2) is 23.4 Å². The molecule has 0 amide bonds. The molecule has 0 fully saturated rings. The van der Waals surface area contributed by atoms with Crippen LogP contribution in [-0.4, -0.2) is 38.1 Å². The van der Waals surface area contributed by atoms with E-state index in [0.29, 0.717) is 11.6 Å². The van der Waals surface area contributed by atoms with Gasteiger partial charge in [-0.3, -0.25) is 4.79 Å². The zero-order chi connectivity index (χ0) is 13.1. The summed E-state index contributed by atoms with van der Waals surface area (Å²) in [5.41, 5.74) is -0.847. The molecule has 2 heterocycles. The number of nitrogens with one attached hydrogen (secondary N) is 1. The second-order valence-electron chi connectivity index (χ2n) is 3.23. The number of aromatic carboxylic acids is 1. The van der Waals surface area contributed by atoms with Crippen molar-refractivity contribution in [3.8, 4) is 17.4 Å². The lowest BCUT2D eigenvalue weighted by atomic mass is 10.3. The molecule has 0 saturated carbocycles. The Hall–Kier alpha value is -2.77. The summed E-state index contributed by atoms with van der Waals surface area (Å²) < 4.78 is 4.90. The van der Waals surface area contributed by atoms with Gasteiger partial charge in [-0.1, -0.05) is 0 Å². The summed E-state index contributed by atoms with van der Waals surface area (Å²) in [6.45, 7) is 0. The first-order valence-electron chi connectivity index (χ1n) is 4.81. The topological polar surface area (TPSA) is 118 Å². The number of aromatic nitrogens is 4. The number of carbonyl (C=O) groups is 1. The molecule has 8 heteroatoms. The molecule has 0 aromatic carbocycles. The fraction of sp³-hybridized carbons (Fsp3) is 0.100. The molecule has 2 rings (SSSR count). The number of hydrogen-bond donors (Lipinski definition) is 2. The van der Waals surface area contributed by atoms with Crippen LogP contribution in [0.25, 0.3) is 11.5 Å². The largest absolute Gasteiger partial charge is 0.481 e. The van der Waals surface area contributed by atoms with E-state index in [4.69, 9.17) is 9.84 Å². The molecule has 0 saturated heterocycles. The van der Waals surface area contributed by atoms with Gasteiger partial charge < -0.3 is 14.8 Å². The van der Waals surface area contributed by atoms with Gasteiger partial charge >= 0.3 is 5.97 Å². The summed E-state index contributed by atoms with van der Waals surface area (Å²) in [7, 11) is 1.44. The molecule has 0 unspecified atom stereocenters. The SMILES string of the molecule is COc1cc(-c2ncc(C(=O)O)c(=O)[nH]2)ncn1. The average Bonchev–Trinajstić information content (AvgIpc) is 2.38. The smallest absolute Gasteiger partial charge is 0.342 e. The predicted molar refractivity (Wildman–Crippen MR) is 59.4 cm³/mol. The first-order valence-corrected chi connectivity index (χ1v) is 4.81. The maximum Gasteiger partial charge on any atom is 0.342 e. The minimum absolute atomic E-state index is 0.144. The summed E-state index contributed by atoms with van der Waals surface area (Å²) in [6, 6.07) is 1.47. The maximum absolute atomic E-state index is 11.5. The number of hydrogen-bond acceptors (Lipinski definition) is 6. The van der Waals surface area contributed by atoms with Gasteiger partial charge in [-0.15, -0.1) is 0 Å². The minimum atomic E-state index is -1.34. The van der Waals surface area contributed by atoms with Crippen molar-refractivity contribution >= 4 is 5.97 Å². The van der Waals surface area contributed by atoms with Crippen molar-refractivity contribution in [1.29, 1.82) is 0 Å². The molecule has 2 N–H and O–H groups in total. The van der Waals surface area contributed by atoms with Crippen LogP contribution in [0.2, 0.25) is 0 Å². The van der Waals surface area contributed by atoms with E-state index in [-0.39, 0.29) is 5.82 Å². The highest BCUT2D eigenvalue weighted by atomic mass is 16.5. The Morgan fingerprint density at radius 2 is 2.17 bits per heavy atom. The zero-order valence-electron chi connectivity index (χ0n) is 9.25. The normalized spacial score (nSPS) is 10.1. The first-order chi connectivity index (χ1) is 8.61. The van der Waals surface area contributed by atoms with Crippen molar-refractivity contribution in [3.05, 3.63) is 34.5 Å². The number of ether oxygens (including phenoxy) is 1. The van der Waals surface area contributed by atoms with Crippen molar-refractivity contribution in [2.75, 3.05) is 7.11 Å². The van der Waals surface area contributed by atoms with E-state index in [1.165, 1.54) is 19.5 Å². The Kier molecular flexibility index (Phi) is 3.00. The molecule has 0 bridgehead atoms. The third-order valence-electron chi connectivity index (χ3n) is 2.12. The van der Waals surface area contributed by atoms with Gasteiger partial charge in [0.2, 0.25) is 5.88 Å². The van der Waals surface area contributed by atoms with E-state index < -0.39 is 17.1 Å². The molecule has 92 valence electrons. The molecular formula is C10H8N4O4. The van der Waals surface area contributed by atoms with Crippen molar-refractivity contribution in [2.45, 2.75) is 0 Å². The highest BCUT2D eigenvalue weighted by Crippen LogP contribution is 2.14. The van der Waals surface area contributed by atoms with Crippen molar-refractivity contribution < 1.29 is 14.6 Å². The number of carboxylic acids is 1. The quantitative estimate of drug-likeness (QED) is 0.780. The molecule has 0 radical (unpaired) electrons. The van der Waals surface area contributed by atoms with E-state index in [9.17, 15) is 9.59 Å². The molecule has 2 aromatic rings. The second-order valence-corrected chi connectivity index (χ2v) is 3.23. The van der Waals surface area contributed by atoms with Crippen LogP contribution < -0.4 is 10.3 Å². The van der Waals surface area contributed by atoms with Crippen molar-refractivity contribution in [3.63, 3.8) is 0 Å². The predicted octanol–water partition coefficient (Wildman–Crippen LogP) is -0.0663. The minimum Gasteiger partial charge on any atom is -0.481 e. The molecular weight excluding hydrogens is 240 g/mol. The Balaban J connectivity index is 2.48. The number of nitrogens with zero attached hydrogens (tertiary/aromatic N) is 3. The Bertz CT molecular complexity index is 652. The fourth-order valence-corrected chi connectivity index (χ4v) is 1.26. The van der Waals surface area contributed by atoms with Gasteiger partial charge in [-0.25, -0.2) is 19.7 Å². The molecule has 18 heavy (non-hydrogen) atoms. The van der Waals surface area contributed by atoms with E-state index in [0.717, 1.165) is 6.20 Å². The van der Waals surface area contributed by atoms with E-state index >= 15 is 0 Å². The third-order valence-corrected chi connectivity index (χ3v) is 2.12. The van der Waals surface area contributed by atoms with Crippen LogP contribution in [-0.2, 0) is 0 Å². The molecule has 0 aliphatic rings. The molecule has 0 spiro atoms. The van der Waals surface area contributed by atoms with E-state index in [2.05, 4.69) is 19.9 Å². The third kappa shape index (κ3) is 2.17. The van der Waals surface area contributed by atoms with Gasteiger partial charge in [0.1, 0.15) is 17.6 Å². The summed E-state index contributed by atoms with van der Waals surface area (Å²) >= 11 is 0. The number of rotatable bonds is 3. The lowest BCUT2D eigenvalue weighted by molar-refractivity contribution is 0.0694. The molecule has 2 aromatic heterocycles. The molecule has 0 atom stereocenters. The number of H-pyrrole nitrogens is 1. The van der Waals surface area contributed by atoms with Crippen LogP contribution in [0.1, 0.15) is 10.4 Å². The van der Waals surface area contributed by atoms with E-state index in [1.807, 2.05) is 0 Å². The Morgan fingerprint density at radius 3 is 2.78 bits per heavy atom. The van der Waals surface area contributed by atoms with Gasteiger partial charge in [0, 0.05) is 12.3 Å². The number of carboxylic acid groups (broad SMARTS) is 1. The van der Waals surface area contributed by atoms with Crippen molar-refractivity contribution in [1.82, 2.24) is 19.9 Å². The summed E-state index contributed by atoms with van der Waals surface area (Å²) in [4.78, 5) is 36.0. The highest BCUT2D eigenvalue weighted by Gasteiger charge is 2.11. The van der Waals surface area contributed by atoms with Crippen LogP contribution in [0.3, 0.4) is 0 Å². The summed E-state index contributed by atoms with van der Waals surface area (Å²) in [5.74, 6) is -0.883. The van der Waals surface area contributed by atoms with Gasteiger partial charge in [0.25, 0.3) is 5.56 Å². The standard InChI is InChI=1S/C10H8N4O4/c1-18-7-2-6(12-4-13-7)8-11-3-5(10(16)17)9(15)14-8/h2-4H,1H3,(H,16,17)(H,11,14,15). The maximum atomic E-state index is 11.5. The highest BCUT2D eigenvalue weighted by molar-refractivity contribution is 5.86. The fourth-order valence-electron chi connectivity index (χ4n) is 1.26. The Morgan fingerprint density at radius 1 is 1.39 bits per heavy atom. The van der Waals surface area contributed by atoms with Crippen LogP contribution in [0.5, 0.6) is 5.88 Å². The number of aromatic amines is 1. The average molecular weight is 248 g/mol. The van der Waals surface area contributed by atoms with Crippen LogP contribution in [0, 0.1) is 0 Å². The van der Waals surface area contributed by atoms with Gasteiger partial charge in [-0.2, -0.15) is 0 Å². The summed E-state index contributed by atoms with van der Waals surface area (Å²) in [6.07, 6.45) is 2.23. The monoisotopic (exact) mass is 248 g/mol. The van der Waals surface area contributed by atoms with Gasteiger partial charge in [0.05, 0.1) is 7.11 Å². The van der Waals surface area contributed by atoms with Crippen LogP contribution in [0.4, 0.5) is 0 Å². The lowest BCUT2D eigenvalue weighted by Gasteiger charge is -2.02. The molecule has 0 aliphatic carbocycles.